The standard InChI is InChI=1S/C14H21NO/c1-5-15-9-11(2)10-16-14-12(3)7-6-8-13(14)4/h6-8,15H,2,5,9-10H2,1,3-4H3. The van der Waals surface area contributed by atoms with Crippen molar-refractivity contribution in [2.45, 2.75) is 20.8 Å². The molecule has 0 aliphatic carbocycles. The minimum absolute atomic E-state index is 0.582. The van der Waals surface area contributed by atoms with Crippen molar-refractivity contribution in [3.05, 3.63) is 41.5 Å². The van der Waals surface area contributed by atoms with E-state index in [-0.39, 0.29) is 0 Å². The summed E-state index contributed by atoms with van der Waals surface area (Å²) in [6, 6.07) is 6.18. The number of hydrogen-bond donors (Lipinski definition) is 1. The molecule has 0 fully saturated rings. The van der Waals surface area contributed by atoms with Crippen molar-refractivity contribution in [1.29, 1.82) is 0 Å². The summed E-state index contributed by atoms with van der Waals surface area (Å²) in [6.07, 6.45) is 0. The SMILES string of the molecule is C=C(CNCC)COc1c(C)cccc1C. The fourth-order valence-electron chi connectivity index (χ4n) is 1.55. The Hall–Kier alpha value is -1.28. The van der Waals surface area contributed by atoms with Crippen molar-refractivity contribution in [1.82, 2.24) is 5.32 Å². The van der Waals surface area contributed by atoms with Gasteiger partial charge in [-0.25, -0.2) is 0 Å². The molecule has 0 amide bonds. The molecule has 88 valence electrons. The van der Waals surface area contributed by atoms with Crippen LogP contribution in [0.4, 0.5) is 0 Å². The third kappa shape index (κ3) is 3.70. The molecule has 1 rings (SSSR count). The number of rotatable bonds is 6. The van der Waals surface area contributed by atoms with Crippen LogP contribution in [0, 0.1) is 13.8 Å². The molecule has 0 bridgehead atoms. The molecular formula is C14H21NO. The van der Waals surface area contributed by atoms with Gasteiger partial charge in [0.15, 0.2) is 0 Å². The largest absolute Gasteiger partial charge is 0.489 e. The number of para-hydroxylation sites is 1. The van der Waals surface area contributed by atoms with Crippen molar-refractivity contribution in [3.63, 3.8) is 0 Å². The van der Waals surface area contributed by atoms with E-state index in [0.717, 1.165) is 24.4 Å². The van der Waals surface area contributed by atoms with Crippen molar-refractivity contribution in [2.24, 2.45) is 0 Å². The smallest absolute Gasteiger partial charge is 0.125 e. The van der Waals surface area contributed by atoms with Crippen LogP contribution in [0.3, 0.4) is 0 Å². The lowest BCUT2D eigenvalue weighted by atomic mass is 10.1. The Bertz CT molecular complexity index is 338. The molecule has 0 aliphatic rings. The molecule has 1 N–H and O–H groups in total. The first-order valence-electron chi connectivity index (χ1n) is 5.71. The predicted octanol–water partition coefficient (Wildman–Crippen LogP) is 2.85. The second kappa shape index (κ2) is 6.33. The van der Waals surface area contributed by atoms with E-state index in [4.69, 9.17) is 4.74 Å². The molecular weight excluding hydrogens is 198 g/mol. The van der Waals surface area contributed by atoms with Crippen molar-refractivity contribution in [3.8, 4) is 5.75 Å². The molecule has 0 radical (unpaired) electrons. The summed E-state index contributed by atoms with van der Waals surface area (Å²) in [5.74, 6) is 0.986. The van der Waals surface area contributed by atoms with Gasteiger partial charge in [0.2, 0.25) is 0 Å². The summed E-state index contributed by atoms with van der Waals surface area (Å²) in [5, 5.41) is 3.23. The Labute approximate surface area is 98.3 Å². The lowest BCUT2D eigenvalue weighted by Gasteiger charge is -2.13. The van der Waals surface area contributed by atoms with E-state index < -0.39 is 0 Å². The molecule has 16 heavy (non-hydrogen) atoms. The van der Waals surface area contributed by atoms with Crippen molar-refractivity contribution in [2.75, 3.05) is 19.7 Å². The lowest BCUT2D eigenvalue weighted by Crippen LogP contribution is -2.19. The molecule has 0 spiro atoms. The normalized spacial score (nSPS) is 10.2. The first-order chi connectivity index (χ1) is 7.65. The van der Waals surface area contributed by atoms with E-state index in [1.807, 2.05) is 6.07 Å². The van der Waals surface area contributed by atoms with Crippen LogP contribution >= 0.6 is 0 Å². The Balaban J connectivity index is 2.51. The summed E-state index contributed by atoms with van der Waals surface area (Å²) in [4.78, 5) is 0. The molecule has 1 aromatic rings. The summed E-state index contributed by atoms with van der Waals surface area (Å²) < 4.78 is 5.79. The van der Waals surface area contributed by atoms with Crippen LogP contribution in [-0.4, -0.2) is 19.7 Å². The molecule has 1 aromatic carbocycles. The van der Waals surface area contributed by atoms with Gasteiger partial charge in [0.25, 0.3) is 0 Å². The van der Waals surface area contributed by atoms with Gasteiger partial charge in [-0.3, -0.25) is 0 Å². The van der Waals surface area contributed by atoms with E-state index in [0.29, 0.717) is 6.61 Å². The summed E-state index contributed by atoms with van der Waals surface area (Å²) in [5.41, 5.74) is 3.43. The van der Waals surface area contributed by atoms with Crippen LogP contribution < -0.4 is 10.1 Å². The summed E-state index contributed by atoms with van der Waals surface area (Å²) >= 11 is 0. The van der Waals surface area contributed by atoms with Gasteiger partial charge in [-0.2, -0.15) is 0 Å². The van der Waals surface area contributed by atoms with Crippen LogP contribution in [0.25, 0.3) is 0 Å². The quantitative estimate of drug-likeness (QED) is 0.743. The van der Waals surface area contributed by atoms with Crippen LogP contribution in [0.15, 0.2) is 30.4 Å². The second-order valence-electron chi connectivity index (χ2n) is 4.04. The van der Waals surface area contributed by atoms with Crippen LogP contribution in [0.5, 0.6) is 5.75 Å². The molecule has 2 nitrogen and oxygen atoms in total. The Morgan fingerprint density at radius 2 is 1.94 bits per heavy atom. The summed E-state index contributed by atoms with van der Waals surface area (Å²) in [6.45, 7) is 12.6. The molecule has 2 heteroatoms. The van der Waals surface area contributed by atoms with E-state index in [9.17, 15) is 0 Å². The van der Waals surface area contributed by atoms with Gasteiger partial charge in [0.05, 0.1) is 0 Å². The van der Waals surface area contributed by atoms with Crippen LogP contribution in [0.1, 0.15) is 18.1 Å². The second-order valence-corrected chi connectivity index (χ2v) is 4.04. The number of benzene rings is 1. The Morgan fingerprint density at radius 3 is 2.50 bits per heavy atom. The van der Waals surface area contributed by atoms with Gasteiger partial charge in [-0.05, 0) is 37.1 Å². The number of nitrogens with one attached hydrogen (secondary N) is 1. The summed E-state index contributed by atoms with van der Waals surface area (Å²) in [7, 11) is 0. The monoisotopic (exact) mass is 219 g/mol. The highest BCUT2D eigenvalue weighted by atomic mass is 16.5. The zero-order valence-electron chi connectivity index (χ0n) is 10.5. The van der Waals surface area contributed by atoms with Gasteiger partial charge >= 0.3 is 0 Å². The van der Waals surface area contributed by atoms with Gasteiger partial charge in [-0.1, -0.05) is 31.7 Å². The maximum absolute atomic E-state index is 5.79. The maximum atomic E-state index is 5.79. The van der Waals surface area contributed by atoms with Crippen LogP contribution in [-0.2, 0) is 0 Å². The Morgan fingerprint density at radius 1 is 1.31 bits per heavy atom. The first kappa shape index (κ1) is 12.8. The minimum Gasteiger partial charge on any atom is -0.489 e. The third-order valence-electron chi connectivity index (χ3n) is 2.45. The number of aryl methyl sites for hydroxylation is 2. The third-order valence-corrected chi connectivity index (χ3v) is 2.45. The van der Waals surface area contributed by atoms with E-state index >= 15 is 0 Å². The first-order valence-corrected chi connectivity index (χ1v) is 5.71. The zero-order chi connectivity index (χ0) is 12.0. The fraction of sp³-hybridized carbons (Fsp3) is 0.429. The average Bonchev–Trinajstić information content (AvgIpc) is 2.25. The van der Waals surface area contributed by atoms with Crippen molar-refractivity contribution >= 4 is 0 Å². The van der Waals surface area contributed by atoms with E-state index in [1.165, 1.54) is 11.1 Å². The molecule has 0 atom stereocenters. The highest BCUT2D eigenvalue weighted by Gasteiger charge is 2.03. The number of likely N-dealkylation sites (N-methyl/N-ethyl adjacent to an activating group) is 1. The molecule has 0 saturated heterocycles. The molecule has 0 aromatic heterocycles. The lowest BCUT2D eigenvalue weighted by molar-refractivity contribution is 0.344. The molecule has 0 unspecified atom stereocenters. The molecule has 0 saturated carbocycles. The average molecular weight is 219 g/mol. The van der Waals surface area contributed by atoms with Gasteiger partial charge in [0.1, 0.15) is 12.4 Å². The Kier molecular flexibility index (Phi) is 5.06. The van der Waals surface area contributed by atoms with Gasteiger partial charge in [0, 0.05) is 6.54 Å². The fourth-order valence-corrected chi connectivity index (χ4v) is 1.55. The molecule has 0 aliphatic heterocycles. The highest BCUT2D eigenvalue weighted by molar-refractivity contribution is 5.39. The minimum atomic E-state index is 0.582. The predicted molar refractivity (Wildman–Crippen MR) is 69.1 cm³/mol. The van der Waals surface area contributed by atoms with Gasteiger partial charge < -0.3 is 10.1 Å². The van der Waals surface area contributed by atoms with Gasteiger partial charge in [-0.15, -0.1) is 0 Å². The highest BCUT2D eigenvalue weighted by Crippen LogP contribution is 2.22. The van der Waals surface area contributed by atoms with Crippen molar-refractivity contribution < 1.29 is 4.74 Å². The number of ether oxygens (including phenoxy) is 1. The topological polar surface area (TPSA) is 21.3 Å². The maximum Gasteiger partial charge on any atom is 0.125 e. The number of hydrogen-bond acceptors (Lipinski definition) is 2. The zero-order valence-corrected chi connectivity index (χ0v) is 10.5. The van der Waals surface area contributed by atoms with E-state index in [1.54, 1.807) is 0 Å². The molecule has 0 heterocycles. The van der Waals surface area contributed by atoms with E-state index in [2.05, 4.69) is 44.8 Å². The van der Waals surface area contributed by atoms with Crippen LogP contribution in [0.2, 0.25) is 0 Å².